The Labute approximate surface area is 120 Å². The smallest absolute Gasteiger partial charge is 0.339 e. The molecule has 0 spiro atoms. The molecule has 0 aliphatic heterocycles. The van der Waals surface area contributed by atoms with E-state index in [0.717, 1.165) is 10.0 Å². The first-order valence-corrected chi connectivity index (χ1v) is 6.60. The van der Waals surface area contributed by atoms with Gasteiger partial charge in [0.2, 0.25) is 0 Å². The van der Waals surface area contributed by atoms with Gasteiger partial charge < -0.3 is 4.74 Å². The average Bonchev–Trinajstić information content (AvgIpc) is 2.38. The fraction of sp³-hybridized carbons (Fsp3) is 0.0714. The van der Waals surface area contributed by atoms with Gasteiger partial charge >= 0.3 is 5.97 Å². The van der Waals surface area contributed by atoms with Crippen LogP contribution in [0.25, 0.3) is 0 Å². The van der Waals surface area contributed by atoms with E-state index in [4.69, 9.17) is 4.74 Å². The van der Waals surface area contributed by atoms with E-state index in [1.165, 1.54) is 0 Å². The molecule has 2 rings (SSSR count). The molecule has 18 heavy (non-hydrogen) atoms. The van der Waals surface area contributed by atoms with Gasteiger partial charge in [0, 0.05) is 9.37 Å². The van der Waals surface area contributed by atoms with Gasteiger partial charge in [-0.25, -0.2) is 4.79 Å². The zero-order valence-corrected chi connectivity index (χ0v) is 11.9. The van der Waals surface area contributed by atoms with Crippen LogP contribution in [0.3, 0.4) is 0 Å². The molecule has 0 radical (unpaired) electrons. The molecule has 4 heteroatoms. The highest BCUT2D eigenvalue weighted by Gasteiger charge is 2.10. The monoisotopic (exact) mass is 322 g/mol. The van der Waals surface area contributed by atoms with Crippen molar-refractivity contribution in [1.29, 1.82) is 0 Å². The zero-order chi connectivity index (χ0) is 13.0. The maximum absolute atomic E-state index is 11.8. The van der Waals surface area contributed by atoms with Crippen LogP contribution in [0.15, 0.2) is 57.9 Å². The molecule has 2 aromatic carbocycles. The molecular weight excluding hydrogens is 312 g/mol. The average molecular weight is 323 g/mol. The molecule has 2 nitrogen and oxygen atoms in total. The summed E-state index contributed by atoms with van der Waals surface area (Å²) in [6.07, 6.45) is 0. The van der Waals surface area contributed by atoms with Crippen LogP contribution in [0.5, 0.6) is 0 Å². The van der Waals surface area contributed by atoms with Crippen molar-refractivity contribution in [3.05, 3.63) is 64.1 Å². The van der Waals surface area contributed by atoms with Crippen LogP contribution in [-0.2, 0) is 11.3 Å². The standard InChI is InChI=1S/C14H11BrO2S/c15-11-7-5-10(6-8-11)9-17-14(16)12-3-1-2-4-13(12)18/h1-8,18H,9H2. The second-order valence-electron chi connectivity index (χ2n) is 3.72. The van der Waals surface area contributed by atoms with Gasteiger partial charge in [0.05, 0.1) is 5.56 Å². The van der Waals surface area contributed by atoms with Gasteiger partial charge in [-0.3, -0.25) is 0 Å². The van der Waals surface area contributed by atoms with Crippen LogP contribution in [-0.4, -0.2) is 5.97 Å². The Bertz CT molecular complexity index is 552. The first-order chi connectivity index (χ1) is 8.66. The Morgan fingerprint density at radius 1 is 1.11 bits per heavy atom. The number of thiol groups is 1. The molecule has 0 saturated heterocycles. The Morgan fingerprint density at radius 3 is 2.44 bits per heavy atom. The Balaban J connectivity index is 2.01. The highest BCUT2D eigenvalue weighted by Crippen LogP contribution is 2.16. The normalized spacial score (nSPS) is 10.1. The van der Waals surface area contributed by atoms with Crippen LogP contribution < -0.4 is 0 Å². The summed E-state index contributed by atoms with van der Waals surface area (Å²) in [6, 6.07) is 14.7. The third-order valence-corrected chi connectivity index (χ3v) is 3.33. The minimum Gasteiger partial charge on any atom is -0.457 e. The van der Waals surface area contributed by atoms with Crippen LogP contribution in [0.2, 0.25) is 0 Å². The van der Waals surface area contributed by atoms with E-state index in [1.54, 1.807) is 18.2 Å². The molecule has 0 fully saturated rings. The largest absolute Gasteiger partial charge is 0.457 e. The van der Waals surface area contributed by atoms with Crippen molar-refractivity contribution in [2.45, 2.75) is 11.5 Å². The van der Waals surface area contributed by atoms with E-state index >= 15 is 0 Å². The van der Waals surface area contributed by atoms with Crippen LogP contribution >= 0.6 is 28.6 Å². The van der Waals surface area contributed by atoms with Crippen molar-refractivity contribution in [1.82, 2.24) is 0 Å². The number of esters is 1. The first kappa shape index (κ1) is 13.2. The molecule has 0 aromatic heterocycles. The second kappa shape index (κ2) is 6.07. The van der Waals surface area contributed by atoms with E-state index in [2.05, 4.69) is 28.6 Å². The molecule has 0 amide bonds. The fourth-order valence-corrected chi connectivity index (χ4v) is 1.97. The molecule has 2 aromatic rings. The maximum atomic E-state index is 11.8. The number of benzene rings is 2. The van der Waals surface area contributed by atoms with E-state index in [-0.39, 0.29) is 12.6 Å². The summed E-state index contributed by atoms with van der Waals surface area (Å²) in [6.45, 7) is 0.258. The fourth-order valence-electron chi connectivity index (χ4n) is 1.45. The topological polar surface area (TPSA) is 26.3 Å². The maximum Gasteiger partial charge on any atom is 0.339 e. The van der Waals surface area contributed by atoms with Crippen molar-refractivity contribution in [3.63, 3.8) is 0 Å². The quantitative estimate of drug-likeness (QED) is 0.680. The summed E-state index contributed by atoms with van der Waals surface area (Å²) >= 11 is 7.58. The lowest BCUT2D eigenvalue weighted by atomic mass is 10.2. The summed E-state index contributed by atoms with van der Waals surface area (Å²) in [5, 5.41) is 0. The van der Waals surface area contributed by atoms with Gasteiger partial charge in [-0.15, -0.1) is 12.6 Å². The number of rotatable bonds is 3. The Hall–Kier alpha value is -1.26. The van der Waals surface area contributed by atoms with E-state index in [0.29, 0.717) is 10.5 Å². The first-order valence-electron chi connectivity index (χ1n) is 5.36. The van der Waals surface area contributed by atoms with Crippen LogP contribution in [0, 0.1) is 0 Å². The lowest BCUT2D eigenvalue weighted by Gasteiger charge is -2.06. The predicted molar refractivity (Wildman–Crippen MR) is 77.0 cm³/mol. The summed E-state index contributed by atoms with van der Waals surface area (Å²) in [5.74, 6) is -0.358. The predicted octanol–water partition coefficient (Wildman–Crippen LogP) is 4.09. The Morgan fingerprint density at radius 2 is 1.78 bits per heavy atom. The SMILES string of the molecule is O=C(OCc1ccc(Br)cc1)c1ccccc1S. The summed E-state index contributed by atoms with van der Waals surface area (Å²) < 4.78 is 6.23. The minimum absolute atomic E-state index is 0.258. The highest BCUT2D eigenvalue weighted by molar-refractivity contribution is 9.10. The zero-order valence-electron chi connectivity index (χ0n) is 9.47. The molecule has 0 N–H and O–H groups in total. The van der Waals surface area contributed by atoms with Crippen molar-refractivity contribution in [3.8, 4) is 0 Å². The molecule has 0 atom stereocenters. The molecule has 0 aliphatic carbocycles. The van der Waals surface area contributed by atoms with Crippen molar-refractivity contribution >= 4 is 34.5 Å². The lowest BCUT2D eigenvalue weighted by molar-refractivity contribution is 0.0468. The summed E-state index contributed by atoms with van der Waals surface area (Å²) in [4.78, 5) is 12.4. The number of carbonyl (C=O) groups is 1. The van der Waals surface area contributed by atoms with Crippen LogP contribution in [0.4, 0.5) is 0 Å². The van der Waals surface area contributed by atoms with Gasteiger partial charge in [-0.1, -0.05) is 40.2 Å². The van der Waals surface area contributed by atoms with E-state index in [1.807, 2.05) is 30.3 Å². The molecule has 0 unspecified atom stereocenters. The van der Waals surface area contributed by atoms with Crippen LogP contribution in [0.1, 0.15) is 15.9 Å². The second-order valence-corrected chi connectivity index (χ2v) is 5.12. The van der Waals surface area contributed by atoms with Gasteiger partial charge in [0.25, 0.3) is 0 Å². The number of hydrogen-bond acceptors (Lipinski definition) is 3. The number of ether oxygens (including phenoxy) is 1. The highest BCUT2D eigenvalue weighted by atomic mass is 79.9. The molecule has 0 aliphatic rings. The third-order valence-electron chi connectivity index (χ3n) is 2.41. The minimum atomic E-state index is -0.358. The van der Waals surface area contributed by atoms with E-state index < -0.39 is 0 Å². The number of hydrogen-bond donors (Lipinski definition) is 1. The molecule has 0 heterocycles. The van der Waals surface area contributed by atoms with E-state index in [9.17, 15) is 4.79 Å². The number of carbonyl (C=O) groups excluding carboxylic acids is 1. The van der Waals surface area contributed by atoms with Gasteiger partial charge in [-0.05, 0) is 29.8 Å². The number of halogens is 1. The summed E-state index contributed by atoms with van der Waals surface area (Å²) in [5.41, 5.74) is 1.43. The lowest BCUT2D eigenvalue weighted by Crippen LogP contribution is -2.06. The molecule has 92 valence electrons. The van der Waals surface area contributed by atoms with Gasteiger partial charge in [0.1, 0.15) is 6.61 Å². The van der Waals surface area contributed by atoms with Gasteiger partial charge in [-0.2, -0.15) is 0 Å². The molecular formula is C14H11BrO2S. The Kier molecular flexibility index (Phi) is 4.44. The molecule has 0 saturated carbocycles. The summed E-state index contributed by atoms with van der Waals surface area (Å²) in [7, 11) is 0. The molecule has 0 bridgehead atoms. The van der Waals surface area contributed by atoms with Crippen molar-refractivity contribution in [2.24, 2.45) is 0 Å². The third kappa shape index (κ3) is 3.37. The van der Waals surface area contributed by atoms with Gasteiger partial charge in [0.15, 0.2) is 0 Å². The van der Waals surface area contributed by atoms with Crippen molar-refractivity contribution < 1.29 is 9.53 Å². The van der Waals surface area contributed by atoms with Crippen molar-refractivity contribution in [2.75, 3.05) is 0 Å².